The van der Waals surface area contributed by atoms with E-state index in [1.54, 1.807) is 0 Å². The minimum absolute atomic E-state index is 0.302. The van der Waals surface area contributed by atoms with Crippen LogP contribution < -0.4 is 16.6 Å². The Morgan fingerprint density at radius 1 is 1.26 bits per heavy atom. The first-order valence-electron chi connectivity index (χ1n) is 5.72. The van der Waals surface area contributed by atoms with Crippen LogP contribution in [0.4, 0.5) is 17.5 Å². The minimum atomic E-state index is 0.302. The average molecular weight is 278 g/mol. The van der Waals surface area contributed by atoms with Gasteiger partial charge in [-0.1, -0.05) is 17.7 Å². The van der Waals surface area contributed by atoms with Crippen LogP contribution in [0.3, 0.4) is 0 Å². The van der Waals surface area contributed by atoms with Gasteiger partial charge in [0.15, 0.2) is 5.82 Å². The molecule has 0 saturated carbocycles. The van der Waals surface area contributed by atoms with Gasteiger partial charge in [0.1, 0.15) is 5.02 Å². The highest BCUT2D eigenvalue weighted by Gasteiger charge is 2.12. The van der Waals surface area contributed by atoms with E-state index in [1.807, 2.05) is 18.2 Å². The van der Waals surface area contributed by atoms with Crippen molar-refractivity contribution in [2.75, 3.05) is 10.7 Å². The average Bonchev–Trinajstić information content (AvgIpc) is 2.89. The molecule has 3 rings (SSSR count). The van der Waals surface area contributed by atoms with Crippen molar-refractivity contribution in [2.24, 2.45) is 5.84 Å². The van der Waals surface area contributed by atoms with E-state index in [-0.39, 0.29) is 0 Å². The van der Waals surface area contributed by atoms with Gasteiger partial charge in [-0.3, -0.25) is 5.43 Å². The molecule has 1 aromatic heterocycles. The third-order valence-corrected chi connectivity index (χ3v) is 3.13. The molecule has 6 nitrogen and oxygen atoms in total. The number of hydrogen-bond acceptors (Lipinski definition) is 6. The molecule has 0 atom stereocenters. The van der Waals surface area contributed by atoms with Crippen LogP contribution in [0.15, 0.2) is 24.4 Å². The summed E-state index contributed by atoms with van der Waals surface area (Å²) in [5, 5.41) is 3.57. The van der Waals surface area contributed by atoms with E-state index >= 15 is 0 Å². The highest BCUT2D eigenvalue weighted by Crippen LogP contribution is 2.27. The fourth-order valence-electron chi connectivity index (χ4n) is 1.91. The van der Waals surface area contributed by atoms with Crippen LogP contribution in [0.5, 0.6) is 0 Å². The molecular formula is C12H12ClN5O. The number of nitrogens with one attached hydrogen (secondary N) is 2. The molecule has 98 valence electrons. The first-order valence-corrected chi connectivity index (χ1v) is 6.10. The van der Waals surface area contributed by atoms with Gasteiger partial charge in [0.25, 0.3) is 0 Å². The molecule has 2 aromatic rings. The second-order valence-corrected chi connectivity index (χ2v) is 4.54. The summed E-state index contributed by atoms with van der Waals surface area (Å²) in [5.41, 5.74) is 5.66. The Hall–Kier alpha value is -1.89. The lowest BCUT2D eigenvalue weighted by Gasteiger charge is -2.09. The standard InChI is InChI=1S/C12H12ClN5O/c13-10-4-15-12(18-14)17-11(10)16-9-2-1-7-5-19-6-8(7)3-9/h1-4H,5-6,14H2,(H2,15,16,17,18). The molecule has 0 unspecified atom stereocenters. The zero-order valence-corrected chi connectivity index (χ0v) is 10.7. The molecular weight excluding hydrogens is 266 g/mol. The van der Waals surface area contributed by atoms with Gasteiger partial charge >= 0.3 is 0 Å². The van der Waals surface area contributed by atoms with Crippen molar-refractivity contribution < 1.29 is 4.74 Å². The number of ether oxygens (including phenoxy) is 1. The molecule has 0 radical (unpaired) electrons. The fraction of sp³-hybridized carbons (Fsp3) is 0.167. The molecule has 0 aliphatic carbocycles. The summed E-state index contributed by atoms with van der Waals surface area (Å²) in [6.07, 6.45) is 1.49. The molecule has 19 heavy (non-hydrogen) atoms. The summed E-state index contributed by atoms with van der Waals surface area (Å²) >= 11 is 6.04. The maximum Gasteiger partial charge on any atom is 0.239 e. The summed E-state index contributed by atoms with van der Waals surface area (Å²) < 4.78 is 5.37. The summed E-state index contributed by atoms with van der Waals surface area (Å²) in [6, 6.07) is 6.01. The van der Waals surface area contributed by atoms with Crippen molar-refractivity contribution in [1.82, 2.24) is 9.97 Å². The van der Waals surface area contributed by atoms with Gasteiger partial charge in [0.2, 0.25) is 5.95 Å². The van der Waals surface area contributed by atoms with Crippen LogP contribution in [-0.2, 0) is 18.0 Å². The zero-order chi connectivity index (χ0) is 13.2. The molecule has 2 heterocycles. The SMILES string of the molecule is NNc1ncc(Cl)c(Nc2ccc3c(c2)COC3)n1. The summed E-state index contributed by atoms with van der Waals surface area (Å²) in [5.74, 6) is 6.08. The van der Waals surface area contributed by atoms with Crippen LogP contribution in [0.2, 0.25) is 5.02 Å². The van der Waals surface area contributed by atoms with E-state index in [9.17, 15) is 0 Å². The van der Waals surface area contributed by atoms with Crippen molar-refractivity contribution >= 4 is 29.1 Å². The van der Waals surface area contributed by atoms with Crippen LogP contribution in [0.1, 0.15) is 11.1 Å². The number of fused-ring (bicyclic) bond motifs is 1. The van der Waals surface area contributed by atoms with E-state index in [4.69, 9.17) is 22.2 Å². The van der Waals surface area contributed by atoms with Gasteiger partial charge in [0, 0.05) is 5.69 Å². The predicted octanol–water partition coefficient (Wildman–Crippen LogP) is 2.19. The lowest BCUT2D eigenvalue weighted by atomic mass is 10.1. The summed E-state index contributed by atoms with van der Waals surface area (Å²) in [7, 11) is 0. The Morgan fingerprint density at radius 2 is 2.11 bits per heavy atom. The second kappa shape index (κ2) is 5.00. The molecule has 1 aromatic carbocycles. The number of hydrazine groups is 1. The van der Waals surface area contributed by atoms with Crippen molar-refractivity contribution in [1.29, 1.82) is 0 Å². The number of nitrogens with two attached hydrogens (primary N) is 1. The van der Waals surface area contributed by atoms with E-state index in [0.29, 0.717) is 30.0 Å². The van der Waals surface area contributed by atoms with E-state index < -0.39 is 0 Å². The highest BCUT2D eigenvalue weighted by atomic mass is 35.5. The molecule has 0 spiro atoms. The number of benzene rings is 1. The number of nitrogen functional groups attached to an aromatic ring is 1. The number of hydrogen-bond donors (Lipinski definition) is 3. The molecule has 0 bridgehead atoms. The van der Waals surface area contributed by atoms with Crippen LogP contribution >= 0.6 is 11.6 Å². The van der Waals surface area contributed by atoms with Crippen molar-refractivity contribution in [2.45, 2.75) is 13.2 Å². The first-order chi connectivity index (χ1) is 9.26. The van der Waals surface area contributed by atoms with Gasteiger partial charge in [-0.2, -0.15) is 4.98 Å². The van der Waals surface area contributed by atoms with Gasteiger partial charge in [-0.05, 0) is 23.3 Å². The molecule has 4 N–H and O–H groups in total. The predicted molar refractivity (Wildman–Crippen MR) is 73.1 cm³/mol. The summed E-state index contributed by atoms with van der Waals surface area (Å²) in [4.78, 5) is 8.08. The number of nitrogens with zero attached hydrogens (tertiary/aromatic N) is 2. The molecule has 1 aliphatic heterocycles. The Labute approximate surface area is 114 Å². The minimum Gasteiger partial charge on any atom is -0.372 e. The lowest BCUT2D eigenvalue weighted by Crippen LogP contribution is -2.11. The quantitative estimate of drug-likeness (QED) is 0.589. The first kappa shape index (κ1) is 12.2. The van der Waals surface area contributed by atoms with E-state index in [1.165, 1.54) is 17.3 Å². The third-order valence-electron chi connectivity index (χ3n) is 2.86. The molecule has 7 heteroatoms. The maximum atomic E-state index is 6.04. The van der Waals surface area contributed by atoms with Crippen LogP contribution in [-0.4, -0.2) is 9.97 Å². The Morgan fingerprint density at radius 3 is 2.95 bits per heavy atom. The van der Waals surface area contributed by atoms with Crippen LogP contribution in [0, 0.1) is 0 Å². The number of rotatable bonds is 3. The Balaban J connectivity index is 1.88. The Kier molecular flexibility index (Phi) is 3.20. The highest BCUT2D eigenvalue weighted by molar-refractivity contribution is 6.32. The summed E-state index contributed by atoms with van der Waals surface area (Å²) in [6.45, 7) is 1.31. The molecule has 0 saturated heterocycles. The smallest absolute Gasteiger partial charge is 0.239 e. The molecule has 1 aliphatic rings. The van der Waals surface area contributed by atoms with Gasteiger partial charge in [-0.25, -0.2) is 10.8 Å². The Bertz CT molecular complexity index is 619. The number of aromatic nitrogens is 2. The fourth-order valence-corrected chi connectivity index (χ4v) is 2.05. The zero-order valence-electron chi connectivity index (χ0n) is 9.98. The van der Waals surface area contributed by atoms with Crippen molar-refractivity contribution in [3.63, 3.8) is 0 Å². The van der Waals surface area contributed by atoms with Gasteiger partial charge < -0.3 is 10.1 Å². The van der Waals surface area contributed by atoms with Gasteiger partial charge in [-0.15, -0.1) is 0 Å². The second-order valence-electron chi connectivity index (χ2n) is 4.14. The van der Waals surface area contributed by atoms with Crippen LogP contribution in [0.25, 0.3) is 0 Å². The number of anilines is 3. The van der Waals surface area contributed by atoms with E-state index in [2.05, 4.69) is 20.7 Å². The van der Waals surface area contributed by atoms with E-state index in [0.717, 1.165) is 5.69 Å². The van der Waals surface area contributed by atoms with Crippen molar-refractivity contribution in [3.8, 4) is 0 Å². The topological polar surface area (TPSA) is 85.1 Å². The number of halogens is 1. The largest absolute Gasteiger partial charge is 0.372 e. The normalized spacial score (nSPS) is 13.2. The van der Waals surface area contributed by atoms with Crippen molar-refractivity contribution in [3.05, 3.63) is 40.5 Å². The molecule has 0 amide bonds. The molecule has 0 fully saturated rings. The lowest BCUT2D eigenvalue weighted by molar-refractivity contribution is 0.134. The third kappa shape index (κ3) is 2.46. The van der Waals surface area contributed by atoms with Gasteiger partial charge in [0.05, 0.1) is 19.4 Å². The maximum absolute atomic E-state index is 6.04. The monoisotopic (exact) mass is 277 g/mol.